The molecule has 1 aromatic carbocycles. The molecule has 0 amide bonds. The van der Waals surface area contributed by atoms with Gasteiger partial charge in [0.15, 0.2) is 0 Å². The van der Waals surface area contributed by atoms with Crippen LogP contribution in [-0.4, -0.2) is 29.1 Å². The van der Waals surface area contributed by atoms with Gasteiger partial charge in [-0.25, -0.2) is 0 Å². The van der Waals surface area contributed by atoms with E-state index in [4.69, 9.17) is 11.6 Å². The van der Waals surface area contributed by atoms with Crippen LogP contribution in [0.15, 0.2) is 18.2 Å². The molecular formula is C19H27ClN2. The molecule has 1 aliphatic rings. The van der Waals surface area contributed by atoms with Crippen molar-refractivity contribution in [2.45, 2.75) is 52.5 Å². The minimum Gasteiger partial charge on any atom is -0.344 e. The third-order valence-electron chi connectivity index (χ3n) is 5.09. The highest BCUT2D eigenvalue weighted by molar-refractivity contribution is 6.31. The van der Waals surface area contributed by atoms with E-state index in [1.54, 1.807) is 11.3 Å². The van der Waals surface area contributed by atoms with Crippen LogP contribution in [0, 0.1) is 0 Å². The minimum atomic E-state index is 0.854. The van der Waals surface area contributed by atoms with Gasteiger partial charge in [-0.15, -0.1) is 0 Å². The van der Waals surface area contributed by atoms with E-state index in [9.17, 15) is 0 Å². The van der Waals surface area contributed by atoms with Crippen molar-refractivity contribution < 1.29 is 0 Å². The molecule has 1 heterocycles. The molecule has 22 heavy (non-hydrogen) atoms. The standard InChI is InChI=1S/C19H27ClN2/c1-3-21(4-2)12-7-13-22-18-9-6-5-8-16(18)17-11-10-15(20)14-19(17)22/h10-11,14H,3-9,12-13H2,1-2H3. The lowest BCUT2D eigenvalue weighted by Crippen LogP contribution is -2.25. The number of hydrogen-bond acceptors (Lipinski definition) is 1. The van der Waals surface area contributed by atoms with Crippen molar-refractivity contribution in [2.75, 3.05) is 19.6 Å². The van der Waals surface area contributed by atoms with Gasteiger partial charge in [-0.2, -0.15) is 0 Å². The van der Waals surface area contributed by atoms with E-state index in [1.165, 1.54) is 49.6 Å². The van der Waals surface area contributed by atoms with E-state index in [-0.39, 0.29) is 0 Å². The number of nitrogens with zero attached hydrogens (tertiary/aromatic N) is 2. The normalized spacial score (nSPS) is 14.7. The van der Waals surface area contributed by atoms with Crippen molar-refractivity contribution in [1.82, 2.24) is 9.47 Å². The largest absolute Gasteiger partial charge is 0.344 e. The average molecular weight is 319 g/mol. The highest BCUT2D eigenvalue weighted by Gasteiger charge is 2.19. The molecule has 0 spiro atoms. The van der Waals surface area contributed by atoms with Crippen LogP contribution in [0.2, 0.25) is 5.02 Å². The highest BCUT2D eigenvalue weighted by atomic mass is 35.5. The van der Waals surface area contributed by atoms with E-state index >= 15 is 0 Å². The molecule has 0 radical (unpaired) electrons. The van der Waals surface area contributed by atoms with Gasteiger partial charge in [0.2, 0.25) is 0 Å². The molecular weight excluding hydrogens is 292 g/mol. The summed E-state index contributed by atoms with van der Waals surface area (Å²) in [5.74, 6) is 0. The number of aryl methyl sites for hydroxylation is 2. The van der Waals surface area contributed by atoms with Gasteiger partial charge in [0.1, 0.15) is 0 Å². The maximum atomic E-state index is 6.26. The zero-order valence-corrected chi connectivity index (χ0v) is 14.6. The number of fused-ring (bicyclic) bond motifs is 3. The summed E-state index contributed by atoms with van der Waals surface area (Å²) < 4.78 is 2.55. The van der Waals surface area contributed by atoms with Crippen LogP contribution in [0.5, 0.6) is 0 Å². The van der Waals surface area contributed by atoms with Crippen molar-refractivity contribution >= 4 is 22.5 Å². The van der Waals surface area contributed by atoms with E-state index in [2.05, 4.69) is 35.4 Å². The van der Waals surface area contributed by atoms with E-state index in [1.807, 2.05) is 6.07 Å². The predicted molar refractivity (Wildman–Crippen MR) is 96.0 cm³/mol. The van der Waals surface area contributed by atoms with Gasteiger partial charge in [0.05, 0.1) is 0 Å². The molecule has 0 saturated heterocycles. The van der Waals surface area contributed by atoms with Gasteiger partial charge in [0.25, 0.3) is 0 Å². The first kappa shape index (κ1) is 15.9. The van der Waals surface area contributed by atoms with Gasteiger partial charge < -0.3 is 9.47 Å². The summed E-state index contributed by atoms with van der Waals surface area (Å²) in [4.78, 5) is 2.51. The first-order valence-corrected chi connectivity index (χ1v) is 9.14. The molecule has 3 heteroatoms. The van der Waals surface area contributed by atoms with Crippen LogP contribution in [0.1, 0.15) is 44.4 Å². The lowest BCUT2D eigenvalue weighted by atomic mass is 9.95. The molecule has 2 aromatic rings. The summed E-state index contributed by atoms with van der Waals surface area (Å²) in [6, 6.07) is 6.42. The highest BCUT2D eigenvalue weighted by Crippen LogP contribution is 2.33. The zero-order chi connectivity index (χ0) is 15.5. The van der Waals surface area contributed by atoms with Gasteiger partial charge in [-0.1, -0.05) is 31.5 Å². The van der Waals surface area contributed by atoms with Gasteiger partial charge >= 0.3 is 0 Å². The van der Waals surface area contributed by atoms with E-state index in [0.29, 0.717) is 0 Å². The van der Waals surface area contributed by atoms with Crippen molar-refractivity contribution in [2.24, 2.45) is 0 Å². The fourth-order valence-electron chi connectivity index (χ4n) is 3.85. The van der Waals surface area contributed by atoms with Gasteiger partial charge in [-0.05, 0) is 69.4 Å². The molecule has 0 N–H and O–H groups in total. The maximum Gasteiger partial charge on any atom is 0.0500 e. The Bertz CT molecular complexity index is 640. The summed E-state index contributed by atoms with van der Waals surface area (Å²) in [7, 11) is 0. The number of halogens is 1. The molecule has 1 aliphatic carbocycles. The average Bonchev–Trinajstić information content (AvgIpc) is 2.85. The second kappa shape index (κ2) is 7.06. The smallest absolute Gasteiger partial charge is 0.0500 e. The number of hydrogen-bond donors (Lipinski definition) is 0. The number of aromatic nitrogens is 1. The van der Waals surface area contributed by atoms with Crippen molar-refractivity contribution in [1.29, 1.82) is 0 Å². The molecule has 0 atom stereocenters. The molecule has 120 valence electrons. The molecule has 0 saturated carbocycles. The fourth-order valence-corrected chi connectivity index (χ4v) is 4.02. The SMILES string of the molecule is CCN(CC)CCCn1c2c(c3ccc(Cl)cc31)CCCC2. The van der Waals surface area contributed by atoms with Gasteiger partial charge in [-0.3, -0.25) is 0 Å². The second-order valence-electron chi connectivity index (χ2n) is 6.33. The monoisotopic (exact) mass is 318 g/mol. The molecule has 3 rings (SSSR count). The Balaban J connectivity index is 1.89. The summed E-state index contributed by atoms with van der Waals surface area (Å²) in [5, 5.41) is 2.29. The van der Waals surface area contributed by atoms with Crippen LogP contribution >= 0.6 is 11.6 Å². The first-order valence-electron chi connectivity index (χ1n) is 8.76. The summed E-state index contributed by atoms with van der Waals surface area (Å²) in [5.41, 5.74) is 4.50. The van der Waals surface area contributed by atoms with Crippen LogP contribution in [0.4, 0.5) is 0 Å². The van der Waals surface area contributed by atoms with E-state index < -0.39 is 0 Å². The van der Waals surface area contributed by atoms with Crippen molar-refractivity contribution in [3.05, 3.63) is 34.5 Å². The van der Waals surface area contributed by atoms with Gasteiger partial charge in [0, 0.05) is 28.2 Å². The Morgan fingerprint density at radius 2 is 1.91 bits per heavy atom. The minimum absolute atomic E-state index is 0.854. The van der Waals surface area contributed by atoms with Crippen LogP contribution in [0.25, 0.3) is 10.9 Å². The number of benzene rings is 1. The zero-order valence-electron chi connectivity index (χ0n) is 13.9. The molecule has 0 unspecified atom stereocenters. The molecule has 0 fully saturated rings. The van der Waals surface area contributed by atoms with Crippen molar-refractivity contribution in [3.63, 3.8) is 0 Å². The summed E-state index contributed by atoms with van der Waals surface area (Å²) in [6.45, 7) is 9.08. The maximum absolute atomic E-state index is 6.26. The van der Waals surface area contributed by atoms with Crippen LogP contribution < -0.4 is 0 Å². The molecule has 0 aliphatic heterocycles. The summed E-state index contributed by atoms with van der Waals surface area (Å²) >= 11 is 6.26. The number of rotatable bonds is 6. The Labute approximate surface area is 139 Å². The van der Waals surface area contributed by atoms with E-state index in [0.717, 1.165) is 24.7 Å². The lowest BCUT2D eigenvalue weighted by molar-refractivity contribution is 0.293. The Hall–Kier alpha value is -0.990. The summed E-state index contributed by atoms with van der Waals surface area (Å²) in [6.07, 6.45) is 6.33. The quantitative estimate of drug-likeness (QED) is 0.735. The second-order valence-corrected chi connectivity index (χ2v) is 6.76. The van der Waals surface area contributed by atoms with Crippen LogP contribution in [0.3, 0.4) is 0 Å². The third kappa shape index (κ3) is 3.04. The lowest BCUT2D eigenvalue weighted by Gasteiger charge is -2.20. The van der Waals surface area contributed by atoms with Crippen molar-refractivity contribution in [3.8, 4) is 0 Å². The Morgan fingerprint density at radius 1 is 1.14 bits per heavy atom. The topological polar surface area (TPSA) is 8.17 Å². The Morgan fingerprint density at radius 3 is 2.68 bits per heavy atom. The molecule has 0 bridgehead atoms. The molecule has 1 aromatic heterocycles. The first-order chi connectivity index (χ1) is 10.7. The molecule has 2 nitrogen and oxygen atoms in total. The fraction of sp³-hybridized carbons (Fsp3) is 0.579. The third-order valence-corrected chi connectivity index (χ3v) is 5.33. The van der Waals surface area contributed by atoms with Crippen LogP contribution in [-0.2, 0) is 19.4 Å². The Kier molecular flexibility index (Phi) is 5.10. The predicted octanol–water partition coefficient (Wildman–Crippen LogP) is 4.91.